The van der Waals surface area contributed by atoms with Crippen molar-refractivity contribution in [2.75, 3.05) is 47.2 Å². The largest absolute Gasteiger partial charge is 2.00 e. The zero-order valence-electron chi connectivity index (χ0n) is 39.6. The third kappa shape index (κ3) is 11.3. The lowest BCUT2D eigenvalue weighted by atomic mass is 10.0. The number of carbonyl (C=O) groups excluding carboxylic acids is 2. The lowest BCUT2D eigenvalue weighted by Crippen LogP contribution is -2.37. The van der Waals surface area contributed by atoms with E-state index in [2.05, 4.69) is 32.1 Å². The lowest BCUT2D eigenvalue weighted by molar-refractivity contribution is 0.0724. The Morgan fingerprint density at radius 3 is 1.68 bits per heavy atom. The molecule has 20 heteroatoms. The summed E-state index contributed by atoms with van der Waals surface area (Å²) in [7, 11) is 0.611. The van der Waals surface area contributed by atoms with Crippen LogP contribution >= 0.6 is 11.6 Å². The van der Waals surface area contributed by atoms with Gasteiger partial charge in [-0.25, -0.2) is 24.0 Å². The molecular weight excluding hydrogens is 907 g/mol. The molecule has 0 fully saturated rings. The normalized spacial score (nSPS) is 12.7. The van der Waals surface area contributed by atoms with Gasteiger partial charge in [0.05, 0.1) is 91.9 Å². The van der Waals surface area contributed by atoms with E-state index in [0.29, 0.717) is 98.5 Å². The maximum atomic E-state index is 13.3. The van der Waals surface area contributed by atoms with Crippen LogP contribution in [0.2, 0.25) is 5.15 Å². The standard InChI is InChI=1S/C24H24N6O2.C23H21ClN6O3.CH3F.CH3.O/c1-3-12-32-23-19-15-29(24(31)18-14-26-30-10-5-4-6-21(18)30)11-9-20(19)27-22(28-23)17-8-7-16(2)25-13-17;1-32-10-11-33-22-17-14-29(23(31)16-13-26-30-8-3-2-4-19(16)30)9-7-18(17)27-21(28-22)15-5-6-20(24)25-12-15;1-2;;/h4-8,10,13-14H,3,9,11-12,15H2,1-2H3;2-6,8,12-13H,7,9-11,14H2,1H3;1H3;1H3;/q;;;-1;-2/i;;1D;;. The van der Waals surface area contributed by atoms with E-state index in [9.17, 15) is 14.0 Å². The number of methoxy groups -OCH3 is 1. The van der Waals surface area contributed by atoms with Crippen LogP contribution in [0.4, 0.5) is 4.39 Å². The fraction of sp³-hybridized carbons (Fsp3) is 0.286. The van der Waals surface area contributed by atoms with Crippen molar-refractivity contribution in [2.24, 2.45) is 0 Å². The van der Waals surface area contributed by atoms with Gasteiger partial charge in [0.2, 0.25) is 11.8 Å². The van der Waals surface area contributed by atoms with Gasteiger partial charge in [-0.05, 0) is 61.9 Å². The fourth-order valence-electron chi connectivity index (χ4n) is 7.68. The van der Waals surface area contributed by atoms with Crippen LogP contribution in [0.3, 0.4) is 0 Å². The second-order valence-corrected chi connectivity index (χ2v) is 15.8. The monoisotopic (exact) mass is 958 g/mol. The van der Waals surface area contributed by atoms with Crippen molar-refractivity contribution >= 4 is 34.4 Å². The van der Waals surface area contributed by atoms with E-state index >= 15 is 0 Å². The summed E-state index contributed by atoms with van der Waals surface area (Å²) in [5.41, 5.74) is 8.70. The van der Waals surface area contributed by atoms with Crippen LogP contribution in [-0.2, 0) is 36.1 Å². The molecule has 2 aliphatic rings. The third-order valence-electron chi connectivity index (χ3n) is 11.1. The Labute approximate surface area is 404 Å². The maximum Gasteiger partial charge on any atom is 0.258 e. The molecule has 69 heavy (non-hydrogen) atoms. The number of amides is 2. The first-order valence-electron chi connectivity index (χ1n) is 22.3. The van der Waals surface area contributed by atoms with Gasteiger partial charge in [0.25, 0.3) is 11.8 Å². The van der Waals surface area contributed by atoms with Gasteiger partial charge < -0.3 is 36.9 Å². The van der Waals surface area contributed by atoms with E-state index in [1.165, 1.54) is 0 Å². The number of hydrogen-bond donors (Lipinski definition) is 0. The molecule has 0 saturated carbocycles. The molecule has 2 amide bonds. The summed E-state index contributed by atoms with van der Waals surface area (Å²) in [6.07, 6.45) is 12.4. The van der Waals surface area contributed by atoms with E-state index in [1.807, 2.05) is 78.8 Å². The van der Waals surface area contributed by atoms with Crippen LogP contribution in [0.5, 0.6) is 11.8 Å². The molecule has 0 radical (unpaired) electrons. The molecule has 0 aromatic carbocycles. The number of nitrogens with zero attached hydrogens (tertiary/aromatic N) is 12. The second kappa shape index (κ2) is 23.5. The Kier molecular flexibility index (Phi) is 16.8. The molecule has 360 valence electrons. The van der Waals surface area contributed by atoms with Crippen LogP contribution in [-0.4, -0.2) is 118 Å². The fourth-order valence-corrected chi connectivity index (χ4v) is 7.79. The van der Waals surface area contributed by atoms with Crippen LogP contribution < -0.4 is 9.47 Å². The van der Waals surface area contributed by atoms with Crippen molar-refractivity contribution in [3.63, 3.8) is 0 Å². The summed E-state index contributed by atoms with van der Waals surface area (Å²) in [6, 6.07) is 18.8. The summed E-state index contributed by atoms with van der Waals surface area (Å²) < 4.78 is 36.0. The van der Waals surface area contributed by atoms with Gasteiger partial charge in [-0.1, -0.05) is 30.7 Å². The molecule has 10 rings (SSSR count). The van der Waals surface area contributed by atoms with Crippen LogP contribution in [0.25, 0.3) is 33.8 Å². The number of pyridine rings is 4. The number of rotatable bonds is 11. The number of fused-ring (bicyclic) bond motifs is 4. The minimum absolute atomic E-state index is 0. The van der Waals surface area contributed by atoms with E-state index in [1.54, 1.807) is 51.9 Å². The Morgan fingerprint density at radius 2 is 1.22 bits per heavy atom. The highest BCUT2D eigenvalue weighted by Gasteiger charge is 2.30. The zero-order valence-corrected chi connectivity index (χ0v) is 39.3. The number of alkyl halides is 1. The first-order chi connectivity index (χ1) is 33.2. The van der Waals surface area contributed by atoms with Gasteiger partial charge in [0.15, 0.2) is 11.6 Å². The summed E-state index contributed by atoms with van der Waals surface area (Å²) in [5, 5.41) is 8.99. The molecule has 18 nitrogen and oxygen atoms in total. The Bertz CT molecular complexity index is 3030. The molecule has 8 aromatic heterocycles. The highest BCUT2D eigenvalue weighted by Crippen LogP contribution is 2.32. The van der Waals surface area contributed by atoms with Crippen LogP contribution in [0, 0.1) is 14.4 Å². The first-order valence-corrected chi connectivity index (χ1v) is 21.9. The Balaban J connectivity index is 0.000000212. The summed E-state index contributed by atoms with van der Waals surface area (Å²) in [4.78, 5) is 57.6. The predicted molar refractivity (Wildman–Crippen MR) is 255 cm³/mol. The Hall–Kier alpha value is -7.48. The Morgan fingerprint density at radius 1 is 0.710 bits per heavy atom. The minimum atomic E-state index is -1.00. The molecular formula is C49H51ClFN12O6-3. The van der Waals surface area contributed by atoms with Gasteiger partial charge in [-0.2, -0.15) is 20.2 Å². The van der Waals surface area contributed by atoms with E-state index in [-0.39, 0.29) is 24.7 Å². The molecule has 0 atom stereocenters. The van der Waals surface area contributed by atoms with Gasteiger partial charge >= 0.3 is 0 Å². The molecule has 0 saturated heterocycles. The SMILES string of the molecule is CCCOc1nc(-c2ccc(C)nc2)nc2c1CN(C(=O)c1cnn3ccccc13)CC2.COCCOc1nc(-c2ccc(Cl)nc2)nc2c1CN(C(=O)c1cnn3ccccc13)CC2.[2H]CF.[CH3-].[O-2]. The maximum absolute atomic E-state index is 13.3. The summed E-state index contributed by atoms with van der Waals surface area (Å²) in [5.74, 6) is 1.96. The molecule has 2 aliphatic heterocycles. The number of hydrogen-bond acceptors (Lipinski definition) is 13. The molecule has 0 bridgehead atoms. The molecule has 10 heterocycles. The lowest BCUT2D eigenvalue weighted by Gasteiger charge is -2.29. The van der Waals surface area contributed by atoms with Gasteiger partial charge in [0, 0.05) is 74.6 Å². The highest BCUT2D eigenvalue weighted by atomic mass is 35.5. The van der Waals surface area contributed by atoms with Crippen molar-refractivity contribution < 1.29 is 35.0 Å². The van der Waals surface area contributed by atoms with Crippen molar-refractivity contribution in [1.29, 1.82) is 0 Å². The molecule has 8 aromatic rings. The number of halogens is 2. The topological polar surface area (TPSA) is 209 Å². The molecule has 0 N–H and O–H groups in total. The smallest absolute Gasteiger partial charge is 0.258 e. The number of ether oxygens (including phenoxy) is 3. The quantitative estimate of drug-likeness (QED) is 0.0701. The van der Waals surface area contributed by atoms with E-state index in [0.717, 1.165) is 56.8 Å². The third-order valence-corrected chi connectivity index (χ3v) is 11.3. The number of aromatic nitrogens is 10. The predicted octanol–water partition coefficient (Wildman–Crippen LogP) is 7.46. The molecule has 0 unspecified atom stereocenters. The molecule has 0 aliphatic carbocycles. The van der Waals surface area contributed by atoms with E-state index < -0.39 is 7.15 Å². The minimum Gasteiger partial charge on any atom is -2.00 e. The van der Waals surface area contributed by atoms with Crippen molar-refractivity contribution in [3.8, 4) is 34.5 Å². The van der Waals surface area contributed by atoms with Gasteiger partial charge in [-0.15, -0.1) is 0 Å². The second-order valence-electron chi connectivity index (χ2n) is 15.4. The van der Waals surface area contributed by atoms with Crippen LogP contribution in [0.15, 0.2) is 97.8 Å². The highest BCUT2D eigenvalue weighted by molar-refractivity contribution is 6.29. The zero-order chi connectivity index (χ0) is 47.6. The number of carbonyl (C=O) groups is 2. The molecule has 0 spiro atoms. The van der Waals surface area contributed by atoms with Crippen molar-refractivity contribution in [1.82, 2.24) is 58.9 Å². The van der Waals surface area contributed by atoms with Gasteiger partial charge in [0.1, 0.15) is 11.8 Å². The van der Waals surface area contributed by atoms with Crippen LogP contribution in [0.1, 0.15) is 63.6 Å². The average Bonchev–Trinajstić information content (AvgIpc) is 4.01. The van der Waals surface area contributed by atoms with Crippen molar-refractivity contribution in [2.45, 2.75) is 46.2 Å². The van der Waals surface area contributed by atoms with E-state index in [4.69, 9.17) is 42.1 Å². The van der Waals surface area contributed by atoms with Crippen molar-refractivity contribution in [3.05, 3.63) is 150 Å². The summed E-state index contributed by atoms with van der Waals surface area (Å²) >= 11 is 5.92. The summed E-state index contributed by atoms with van der Waals surface area (Å²) in [6.45, 7) is 7.17. The number of aryl methyl sites for hydroxylation is 1. The van der Waals surface area contributed by atoms with Gasteiger partial charge in [-0.3, -0.25) is 19.0 Å². The first kappa shape index (κ1) is 49.4. The average molecular weight is 959 g/mol.